The Morgan fingerprint density at radius 2 is 2.00 bits per heavy atom. The number of aromatic nitrogens is 5. The molecule has 1 N–H and O–H groups in total. The Kier molecular flexibility index (Phi) is 3.88. The third-order valence-electron chi connectivity index (χ3n) is 3.70. The number of anilines is 1. The molecule has 0 atom stereocenters. The maximum atomic E-state index is 4.45. The number of rotatable bonds is 4. The van der Waals surface area contributed by atoms with Gasteiger partial charge in [0.25, 0.3) is 0 Å². The highest BCUT2D eigenvalue weighted by Gasteiger charge is 2.10. The zero-order valence-corrected chi connectivity index (χ0v) is 13.5. The maximum Gasteiger partial charge on any atom is 0.168 e. The second kappa shape index (κ2) is 6.48. The Balaban J connectivity index is 1.66. The monoisotopic (exact) mass is 329 g/mol. The first-order valence-electron chi connectivity index (χ1n) is 7.76. The molecule has 0 aliphatic heterocycles. The van der Waals surface area contributed by atoms with Crippen LogP contribution in [0.2, 0.25) is 0 Å². The summed E-state index contributed by atoms with van der Waals surface area (Å²) in [5, 5.41) is 9.48. The molecule has 0 radical (unpaired) electrons. The highest BCUT2D eigenvalue weighted by Crippen LogP contribution is 2.21. The van der Waals surface area contributed by atoms with Crippen LogP contribution in [-0.2, 0) is 0 Å². The molecule has 1 aromatic carbocycles. The van der Waals surface area contributed by atoms with Gasteiger partial charge in [0.1, 0.15) is 6.33 Å². The van der Waals surface area contributed by atoms with E-state index < -0.39 is 0 Å². The highest BCUT2D eigenvalue weighted by molar-refractivity contribution is 5.88. The number of benzene rings is 1. The van der Waals surface area contributed by atoms with Gasteiger partial charge in [-0.05, 0) is 42.3 Å². The van der Waals surface area contributed by atoms with Crippen LogP contribution in [0.25, 0.3) is 16.7 Å². The molecule has 0 aliphatic rings. The first kappa shape index (κ1) is 14.9. The quantitative estimate of drug-likeness (QED) is 0.460. The summed E-state index contributed by atoms with van der Waals surface area (Å²) < 4.78 is 1.79. The number of aryl methyl sites for hydroxylation is 1. The van der Waals surface area contributed by atoms with Gasteiger partial charge in [-0.15, -0.1) is 0 Å². The van der Waals surface area contributed by atoms with E-state index in [0.717, 1.165) is 27.8 Å². The van der Waals surface area contributed by atoms with E-state index in [-0.39, 0.29) is 0 Å². The van der Waals surface area contributed by atoms with Crippen molar-refractivity contribution >= 4 is 23.1 Å². The van der Waals surface area contributed by atoms with Crippen LogP contribution in [0.5, 0.6) is 0 Å². The van der Waals surface area contributed by atoms with E-state index in [1.165, 1.54) is 6.33 Å². The van der Waals surface area contributed by atoms with Crippen LogP contribution in [0, 0.1) is 6.92 Å². The molecule has 25 heavy (non-hydrogen) atoms. The second-order valence-electron chi connectivity index (χ2n) is 5.51. The summed E-state index contributed by atoms with van der Waals surface area (Å²) in [5.74, 6) is 0.606. The van der Waals surface area contributed by atoms with E-state index in [1.807, 2.05) is 37.3 Å². The van der Waals surface area contributed by atoms with Crippen molar-refractivity contribution in [3.05, 3.63) is 72.4 Å². The van der Waals surface area contributed by atoms with E-state index in [0.29, 0.717) is 5.82 Å². The Morgan fingerprint density at radius 3 is 2.84 bits per heavy atom. The van der Waals surface area contributed by atoms with Crippen LogP contribution in [0.4, 0.5) is 5.82 Å². The number of fused-ring (bicyclic) bond motifs is 1. The van der Waals surface area contributed by atoms with Gasteiger partial charge in [0.05, 0.1) is 23.5 Å². The normalized spacial score (nSPS) is 11.2. The Bertz CT molecular complexity index is 1040. The van der Waals surface area contributed by atoms with Crippen LogP contribution in [-0.4, -0.2) is 30.9 Å². The lowest BCUT2D eigenvalue weighted by Gasteiger charge is -2.04. The van der Waals surface area contributed by atoms with Crippen molar-refractivity contribution in [1.29, 1.82) is 0 Å². The van der Waals surface area contributed by atoms with Gasteiger partial charge in [-0.3, -0.25) is 10.4 Å². The Morgan fingerprint density at radius 1 is 1.12 bits per heavy atom. The average molecular weight is 329 g/mol. The number of nitrogens with one attached hydrogen (secondary N) is 1. The van der Waals surface area contributed by atoms with E-state index >= 15 is 0 Å². The van der Waals surface area contributed by atoms with E-state index in [2.05, 4.69) is 36.6 Å². The lowest BCUT2D eigenvalue weighted by atomic mass is 10.2. The number of hydrogen-bond acceptors (Lipinski definition) is 6. The van der Waals surface area contributed by atoms with Crippen LogP contribution in [0.3, 0.4) is 0 Å². The van der Waals surface area contributed by atoms with E-state index in [9.17, 15) is 0 Å². The smallest absolute Gasteiger partial charge is 0.168 e. The molecule has 0 amide bonds. The molecule has 3 aromatic heterocycles. The van der Waals surface area contributed by atoms with E-state index in [1.54, 1.807) is 29.5 Å². The summed E-state index contributed by atoms with van der Waals surface area (Å²) in [6.45, 7) is 2.05. The fourth-order valence-corrected chi connectivity index (χ4v) is 2.50. The predicted octanol–water partition coefficient (Wildman–Crippen LogP) is 2.96. The molecule has 0 bridgehead atoms. The van der Waals surface area contributed by atoms with Gasteiger partial charge in [0.2, 0.25) is 0 Å². The van der Waals surface area contributed by atoms with Gasteiger partial charge in [-0.1, -0.05) is 12.1 Å². The van der Waals surface area contributed by atoms with Crippen LogP contribution >= 0.6 is 0 Å². The van der Waals surface area contributed by atoms with Crippen molar-refractivity contribution in [2.45, 2.75) is 6.92 Å². The van der Waals surface area contributed by atoms with Crippen molar-refractivity contribution in [1.82, 2.24) is 24.7 Å². The summed E-state index contributed by atoms with van der Waals surface area (Å²) in [4.78, 5) is 12.6. The summed E-state index contributed by atoms with van der Waals surface area (Å²) >= 11 is 0. The molecule has 7 heteroatoms. The minimum atomic E-state index is 0.606. The number of nitrogens with zero attached hydrogens (tertiary/aromatic N) is 6. The standard InChI is InChI=1S/C18H15N7/c1-13-3-2-4-15(9-13)25-18-16(11-23-25)17(20-12-21-18)24-22-10-14-5-7-19-8-6-14/h2-12H,1H3,(H,20,21,24)/b22-10+. The lowest BCUT2D eigenvalue weighted by Crippen LogP contribution is -1.99. The van der Waals surface area contributed by atoms with Crippen molar-refractivity contribution in [2.24, 2.45) is 5.10 Å². The third-order valence-corrected chi connectivity index (χ3v) is 3.70. The number of hydrazone groups is 1. The fourth-order valence-electron chi connectivity index (χ4n) is 2.50. The molecule has 0 aliphatic carbocycles. The molecule has 0 spiro atoms. The second-order valence-corrected chi connectivity index (χ2v) is 5.51. The first-order valence-corrected chi connectivity index (χ1v) is 7.76. The number of pyridine rings is 1. The first-order chi connectivity index (χ1) is 12.3. The molecular formula is C18H15N7. The zero-order valence-electron chi connectivity index (χ0n) is 13.5. The Hall–Kier alpha value is -3.61. The molecule has 0 saturated carbocycles. The average Bonchev–Trinajstić information content (AvgIpc) is 3.08. The van der Waals surface area contributed by atoms with Crippen molar-refractivity contribution in [2.75, 3.05) is 5.43 Å². The molecular weight excluding hydrogens is 314 g/mol. The summed E-state index contributed by atoms with van der Waals surface area (Å²) in [6, 6.07) is 11.8. The van der Waals surface area contributed by atoms with Gasteiger partial charge in [-0.25, -0.2) is 14.6 Å². The predicted molar refractivity (Wildman–Crippen MR) is 96.9 cm³/mol. The molecule has 7 nitrogen and oxygen atoms in total. The Labute approximate surface area is 144 Å². The molecule has 0 unspecified atom stereocenters. The molecule has 0 fully saturated rings. The van der Waals surface area contributed by atoms with Gasteiger partial charge < -0.3 is 0 Å². The minimum Gasteiger partial charge on any atom is -0.265 e. The van der Waals surface area contributed by atoms with Crippen molar-refractivity contribution < 1.29 is 0 Å². The minimum absolute atomic E-state index is 0.606. The van der Waals surface area contributed by atoms with Gasteiger partial charge in [0.15, 0.2) is 11.5 Å². The fraction of sp³-hybridized carbons (Fsp3) is 0.0556. The summed E-state index contributed by atoms with van der Waals surface area (Å²) in [5.41, 5.74) is 6.75. The molecule has 122 valence electrons. The topological polar surface area (TPSA) is 80.9 Å². The van der Waals surface area contributed by atoms with Crippen molar-refractivity contribution in [3.63, 3.8) is 0 Å². The summed E-state index contributed by atoms with van der Waals surface area (Å²) in [6.07, 6.45) is 8.38. The van der Waals surface area contributed by atoms with Crippen LogP contribution in [0.15, 0.2) is 66.4 Å². The highest BCUT2D eigenvalue weighted by atomic mass is 15.3. The number of hydrogen-bond donors (Lipinski definition) is 1. The maximum absolute atomic E-state index is 4.45. The van der Waals surface area contributed by atoms with E-state index in [4.69, 9.17) is 0 Å². The van der Waals surface area contributed by atoms with Gasteiger partial charge >= 0.3 is 0 Å². The summed E-state index contributed by atoms with van der Waals surface area (Å²) in [7, 11) is 0. The molecule has 4 rings (SSSR count). The van der Waals surface area contributed by atoms with Gasteiger partial charge in [0, 0.05) is 12.4 Å². The zero-order chi connectivity index (χ0) is 17.1. The molecule has 0 saturated heterocycles. The van der Waals surface area contributed by atoms with Crippen LogP contribution in [0.1, 0.15) is 11.1 Å². The third kappa shape index (κ3) is 3.07. The largest absolute Gasteiger partial charge is 0.265 e. The molecule has 4 aromatic rings. The van der Waals surface area contributed by atoms with Crippen LogP contribution < -0.4 is 5.43 Å². The molecule has 3 heterocycles. The SMILES string of the molecule is Cc1cccc(-n2ncc3c(N/N=C/c4ccncc4)ncnc32)c1. The van der Waals surface area contributed by atoms with Gasteiger partial charge in [-0.2, -0.15) is 10.2 Å². The lowest BCUT2D eigenvalue weighted by molar-refractivity contribution is 0.893. The van der Waals surface area contributed by atoms with Crippen molar-refractivity contribution in [3.8, 4) is 5.69 Å².